The molecule has 0 aliphatic carbocycles. The Balaban J connectivity index is 2.36. The van der Waals surface area contributed by atoms with E-state index in [0.717, 1.165) is 10.5 Å². The predicted molar refractivity (Wildman–Crippen MR) is 75.7 cm³/mol. The zero-order valence-corrected chi connectivity index (χ0v) is 12.4. The number of carbonyl (C=O) groups excluding carboxylic acids is 1. The number of pyridine rings is 1. The van der Waals surface area contributed by atoms with Crippen LogP contribution in [0.25, 0.3) is 0 Å². The zero-order valence-electron chi connectivity index (χ0n) is 10.8. The van der Waals surface area contributed by atoms with E-state index in [2.05, 4.69) is 26.2 Å². The number of aryl methyl sites for hydroxylation is 2. The average Bonchev–Trinajstić information content (AvgIpc) is 2.38. The summed E-state index contributed by atoms with van der Waals surface area (Å²) >= 11 is 3.24. The molecule has 6 heteroatoms. The van der Waals surface area contributed by atoms with Crippen LogP contribution < -0.4 is 5.32 Å². The molecular weight excluding hydrogens is 330 g/mol. The molecule has 3 nitrogen and oxygen atoms in total. The van der Waals surface area contributed by atoms with Crippen molar-refractivity contribution >= 4 is 27.7 Å². The van der Waals surface area contributed by atoms with Crippen LogP contribution in [-0.2, 0) is 0 Å². The highest BCUT2D eigenvalue weighted by atomic mass is 79.9. The maximum atomic E-state index is 13.9. The molecule has 0 saturated carbocycles. The average molecular weight is 341 g/mol. The summed E-state index contributed by atoms with van der Waals surface area (Å²) in [6, 6.07) is 4.09. The molecule has 0 aliphatic heterocycles. The summed E-state index contributed by atoms with van der Waals surface area (Å²) in [4.78, 5) is 16.0. The molecule has 0 radical (unpaired) electrons. The summed E-state index contributed by atoms with van der Waals surface area (Å²) in [5.41, 5.74) is 0.285. The van der Waals surface area contributed by atoms with Crippen molar-refractivity contribution in [3.8, 4) is 0 Å². The molecule has 104 valence electrons. The van der Waals surface area contributed by atoms with Crippen molar-refractivity contribution in [1.82, 2.24) is 4.98 Å². The predicted octanol–water partition coefficient (Wildman–Crippen LogP) is 3.99. The van der Waals surface area contributed by atoms with E-state index in [1.54, 1.807) is 13.0 Å². The number of halogens is 3. The van der Waals surface area contributed by atoms with Crippen LogP contribution in [0, 0.1) is 25.5 Å². The second-order valence-electron chi connectivity index (χ2n) is 4.33. The van der Waals surface area contributed by atoms with E-state index in [4.69, 9.17) is 0 Å². The molecule has 1 heterocycles. The summed E-state index contributed by atoms with van der Waals surface area (Å²) in [5.74, 6) is -2.36. The van der Waals surface area contributed by atoms with E-state index in [1.807, 2.05) is 0 Å². The largest absolute Gasteiger partial charge is 0.306 e. The van der Waals surface area contributed by atoms with Crippen molar-refractivity contribution in [1.29, 1.82) is 0 Å². The van der Waals surface area contributed by atoms with Crippen LogP contribution in [0.5, 0.6) is 0 Å². The molecule has 0 aliphatic rings. The molecule has 0 saturated heterocycles. The Bertz CT molecular complexity index is 689. The number of hydrogen-bond donors (Lipinski definition) is 1. The highest BCUT2D eigenvalue weighted by Gasteiger charge is 2.20. The minimum absolute atomic E-state index is 0.206. The van der Waals surface area contributed by atoms with Gasteiger partial charge in [0.1, 0.15) is 23.0 Å². The Kier molecular flexibility index (Phi) is 4.13. The molecule has 1 amide bonds. The van der Waals surface area contributed by atoms with Crippen molar-refractivity contribution in [3.63, 3.8) is 0 Å². The lowest BCUT2D eigenvalue weighted by atomic mass is 10.1. The molecular formula is C14H11BrF2N2O. The highest BCUT2D eigenvalue weighted by Crippen LogP contribution is 2.20. The van der Waals surface area contributed by atoms with E-state index >= 15 is 0 Å². The van der Waals surface area contributed by atoms with E-state index < -0.39 is 23.1 Å². The number of nitrogens with zero attached hydrogens (tertiary/aromatic N) is 1. The fourth-order valence-electron chi connectivity index (χ4n) is 1.71. The van der Waals surface area contributed by atoms with Gasteiger partial charge in [0.05, 0.1) is 0 Å². The summed E-state index contributed by atoms with van der Waals surface area (Å²) in [6.45, 7) is 3.20. The summed E-state index contributed by atoms with van der Waals surface area (Å²) in [7, 11) is 0. The zero-order chi connectivity index (χ0) is 14.9. The Morgan fingerprint density at radius 2 is 1.95 bits per heavy atom. The van der Waals surface area contributed by atoms with Gasteiger partial charge in [-0.15, -0.1) is 0 Å². The highest BCUT2D eigenvalue weighted by molar-refractivity contribution is 9.10. The molecule has 0 fully saturated rings. The first-order valence-electron chi connectivity index (χ1n) is 5.78. The first-order valence-corrected chi connectivity index (χ1v) is 6.57. The fraction of sp³-hybridized carbons (Fsp3) is 0.143. The molecule has 1 N–H and O–H groups in total. The van der Waals surface area contributed by atoms with E-state index in [9.17, 15) is 13.6 Å². The molecule has 2 aromatic rings. The van der Waals surface area contributed by atoms with Gasteiger partial charge in [-0.05, 0) is 53.0 Å². The first kappa shape index (κ1) is 14.6. The maximum absolute atomic E-state index is 13.9. The number of amides is 1. The lowest BCUT2D eigenvalue weighted by Gasteiger charge is -2.10. The molecule has 0 atom stereocenters. The molecule has 20 heavy (non-hydrogen) atoms. The molecule has 1 aromatic heterocycles. The monoisotopic (exact) mass is 340 g/mol. The third kappa shape index (κ3) is 2.85. The van der Waals surface area contributed by atoms with Crippen molar-refractivity contribution in [2.45, 2.75) is 13.8 Å². The Morgan fingerprint density at radius 1 is 1.25 bits per heavy atom. The SMILES string of the molecule is Cc1cc(Br)cnc1NC(=O)c1c(F)ccc(C)c1F. The van der Waals surface area contributed by atoms with Crippen molar-refractivity contribution < 1.29 is 13.6 Å². The summed E-state index contributed by atoms with van der Waals surface area (Å²) in [6.07, 6.45) is 1.49. The van der Waals surface area contributed by atoms with Crippen molar-refractivity contribution in [2.75, 3.05) is 5.32 Å². The number of benzene rings is 1. The van der Waals surface area contributed by atoms with Gasteiger partial charge in [-0.3, -0.25) is 4.79 Å². The van der Waals surface area contributed by atoms with Crippen LogP contribution in [0.4, 0.5) is 14.6 Å². The Hall–Kier alpha value is -1.82. The summed E-state index contributed by atoms with van der Waals surface area (Å²) in [5, 5.41) is 2.41. The van der Waals surface area contributed by atoms with Crippen molar-refractivity contribution in [3.05, 3.63) is 57.2 Å². The normalized spacial score (nSPS) is 10.4. The number of hydrogen-bond acceptors (Lipinski definition) is 2. The smallest absolute Gasteiger partial charge is 0.262 e. The van der Waals surface area contributed by atoms with Gasteiger partial charge in [0.15, 0.2) is 0 Å². The van der Waals surface area contributed by atoms with Crippen molar-refractivity contribution in [2.24, 2.45) is 0 Å². The third-order valence-corrected chi connectivity index (χ3v) is 3.22. The van der Waals surface area contributed by atoms with Gasteiger partial charge in [0.25, 0.3) is 5.91 Å². The molecule has 0 spiro atoms. The topological polar surface area (TPSA) is 42.0 Å². The van der Waals surface area contributed by atoms with Crippen LogP contribution in [-0.4, -0.2) is 10.9 Å². The van der Waals surface area contributed by atoms with E-state index in [-0.39, 0.29) is 11.4 Å². The number of nitrogens with one attached hydrogen (secondary N) is 1. The van der Waals surface area contributed by atoms with Crippen LogP contribution in [0.1, 0.15) is 21.5 Å². The van der Waals surface area contributed by atoms with Crippen LogP contribution >= 0.6 is 15.9 Å². The molecule has 0 bridgehead atoms. The van der Waals surface area contributed by atoms with Gasteiger partial charge in [-0.1, -0.05) is 6.07 Å². The minimum atomic E-state index is -0.902. The lowest BCUT2D eigenvalue weighted by molar-refractivity contribution is 0.101. The molecule has 0 unspecified atom stereocenters. The van der Waals surface area contributed by atoms with Gasteiger partial charge in [-0.2, -0.15) is 0 Å². The van der Waals surface area contributed by atoms with Crippen LogP contribution in [0.3, 0.4) is 0 Å². The minimum Gasteiger partial charge on any atom is -0.306 e. The van der Waals surface area contributed by atoms with Crippen LogP contribution in [0.15, 0.2) is 28.9 Å². The lowest BCUT2D eigenvalue weighted by Crippen LogP contribution is -2.18. The molecule has 2 rings (SSSR count). The molecule has 1 aromatic carbocycles. The first-order chi connectivity index (χ1) is 9.40. The van der Waals surface area contributed by atoms with E-state index in [1.165, 1.54) is 19.2 Å². The van der Waals surface area contributed by atoms with Crippen LogP contribution in [0.2, 0.25) is 0 Å². The second-order valence-corrected chi connectivity index (χ2v) is 5.24. The van der Waals surface area contributed by atoms with E-state index in [0.29, 0.717) is 5.56 Å². The third-order valence-electron chi connectivity index (χ3n) is 2.79. The Morgan fingerprint density at radius 3 is 2.60 bits per heavy atom. The van der Waals surface area contributed by atoms with Gasteiger partial charge < -0.3 is 5.32 Å². The van der Waals surface area contributed by atoms with Gasteiger partial charge >= 0.3 is 0 Å². The number of carbonyl (C=O) groups is 1. The number of aromatic nitrogens is 1. The second kappa shape index (κ2) is 5.66. The fourth-order valence-corrected chi connectivity index (χ4v) is 2.15. The standard InChI is InChI=1S/C14H11BrF2N2O/c1-7-3-4-10(16)11(12(7)17)14(20)19-13-8(2)5-9(15)6-18-13/h3-6H,1-2H3,(H,18,19,20). The quantitative estimate of drug-likeness (QED) is 0.897. The Labute approximate surface area is 123 Å². The number of rotatable bonds is 2. The van der Waals surface area contributed by atoms with Gasteiger partial charge in [0.2, 0.25) is 0 Å². The number of anilines is 1. The van der Waals surface area contributed by atoms with Gasteiger partial charge in [-0.25, -0.2) is 13.8 Å². The summed E-state index contributed by atoms with van der Waals surface area (Å²) < 4.78 is 28.2. The van der Waals surface area contributed by atoms with Gasteiger partial charge in [0, 0.05) is 10.7 Å². The maximum Gasteiger partial charge on any atom is 0.262 e.